The van der Waals surface area contributed by atoms with Crippen LogP contribution in [0.5, 0.6) is 0 Å². The van der Waals surface area contributed by atoms with Gasteiger partial charge in [-0.2, -0.15) is 0 Å². The highest BCUT2D eigenvalue weighted by Gasteiger charge is 2.02. The zero-order valence-electron chi connectivity index (χ0n) is 13.1. The van der Waals surface area contributed by atoms with E-state index in [0.717, 1.165) is 10.9 Å². The quantitative estimate of drug-likeness (QED) is 0.704. The van der Waals surface area contributed by atoms with Crippen molar-refractivity contribution in [1.29, 1.82) is 0 Å². The Kier molecular flexibility index (Phi) is 4.77. The molecule has 0 radical (unpaired) electrons. The Morgan fingerprint density at radius 2 is 1.76 bits per heavy atom. The van der Waals surface area contributed by atoms with Gasteiger partial charge in [0, 0.05) is 27.7 Å². The first-order valence-corrected chi connectivity index (χ1v) is 7.84. The number of aromatic nitrogens is 1. The molecule has 2 aromatic carbocycles. The van der Waals surface area contributed by atoms with E-state index in [1.807, 2.05) is 18.2 Å². The van der Waals surface area contributed by atoms with Crippen LogP contribution in [0, 0.1) is 0 Å². The molecule has 5 nitrogen and oxygen atoms in total. The summed E-state index contributed by atoms with van der Waals surface area (Å²) in [5.41, 5.74) is 7.53. The van der Waals surface area contributed by atoms with E-state index in [4.69, 9.17) is 17.3 Å². The second-order valence-corrected chi connectivity index (χ2v) is 5.77. The van der Waals surface area contributed by atoms with Gasteiger partial charge in [-0.1, -0.05) is 23.7 Å². The van der Waals surface area contributed by atoms with Gasteiger partial charge in [-0.05, 0) is 48.5 Å². The van der Waals surface area contributed by atoms with Gasteiger partial charge < -0.3 is 11.1 Å². The number of amides is 2. The number of pyridine rings is 1. The second kappa shape index (κ2) is 7.15. The fourth-order valence-corrected chi connectivity index (χ4v) is 2.43. The standard InChI is InChI=1S/C19H14ClN3O2/c20-14-5-1-12-2-6-15(22-17(12)11-14)9-10-18(24)23-16-7-3-13(4-8-16)19(21)25/h1-11H,(H2,21,25)(H,23,24)/b10-9+. The molecule has 0 spiro atoms. The van der Waals surface area contributed by atoms with Gasteiger partial charge in [0.25, 0.3) is 0 Å². The molecule has 0 atom stereocenters. The van der Waals surface area contributed by atoms with Crippen LogP contribution >= 0.6 is 11.6 Å². The van der Waals surface area contributed by atoms with Gasteiger partial charge in [0.15, 0.2) is 0 Å². The average Bonchev–Trinajstić information content (AvgIpc) is 2.60. The van der Waals surface area contributed by atoms with Crippen molar-refractivity contribution in [3.8, 4) is 0 Å². The normalized spacial score (nSPS) is 10.9. The van der Waals surface area contributed by atoms with Crippen molar-refractivity contribution in [2.75, 3.05) is 5.32 Å². The molecule has 1 heterocycles. The third-order valence-corrected chi connectivity index (χ3v) is 3.75. The number of halogens is 1. The topological polar surface area (TPSA) is 85.1 Å². The minimum atomic E-state index is -0.514. The molecule has 1 aromatic heterocycles. The van der Waals surface area contributed by atoms with E-state index < -0.39 is 5.91 Å². The summed E-state index contributed by atoms with van der Waals surface area (Å²) in [7, 11) is 0. The number of primary amides is 1. The van der Waals surface area contributed by atoms with E-state index in [1.54, 1.807) is 42.5 Å². The summed E-state index contributed by atoms with van der Waals surface area (Å²) in [6.45, 7) is 0. The molecule has 0 saturated heterocycles. The van der Waals surface area contributed by atoms with Gasteiger partial charge in [0.1, 0.15) is 0 Å². The van der Waals surface area contributed by atoms with Crippen LogP contribution in [0.15, 0.2) is 60.7 Å². The molecule has 124 valence electrons. The Morgan fingerprint density at radius 3 is 2.48 bits per heavy atom. The Morgan fingerprint density at radius 1 is 1.04 bits per heavy atom. The maximum absolute atomic E-state index is 12.0. The molecule has 3 N–H and O–H groups in total. The second-order valence-electron chi connectivity index (χ2n) is 5.34. The average molecular weight is 352 g/mol. The zero-order valence-corrected chi connectivity index (χ0v) is 13.8. The molecule has 0 saturated carbocycles. The zero-order chi connectivity index (χ0) is 17.8. The number of nitrogens with zero attached hydrogens (tertiary/aromatic N) is 1. The van der Waals surface area contributed by atoms with Gasteiger partial charge >= 0.3 is 0 Å². The van der Waals surface area contributed by atoms with Gasteiger partial charge in [0.05, 0.1) is 11.2 Å². The van der Waals surface area contributed by atoms with Crippen LogP contribution in [0.1, 0.15) is 16.1 Å². The number of carbonyl (C=O) groups excluding carboxylic acids is 2. The maximum atomic E-state index is 12.0. The molecule has 0 fully saturated rings. The van der Waals surface area contributed by atoms with Crippen LogP contribution in [0.2, 0.25) is 5.02 Å². The van der Waals surface area contributed by atoms with Crippen molar-refractivity contribution in [2.45, 2.75) is 0 Å². The first kappa shape index (κ1) is 16.7. The predicted molar refractivity (Wildman–Crippen MR) is 99.4 cm³/mol. The molecule has 0 bridgehead atoms. The van der Waals surface area contributed by atoms with Crippen molar-refractivity contribution < 1.29 is 9.59 Å². The molecule has 0 aliphatic rings. The van der Waals surface area contributed by atoms with Gasteiger partial charge in [-0.15, -0.1) is 0 Å². The van der Waals surface area contributed by atoms with Crippen LogP contribution in [0.3, 0.4) is 0 Å². The van der Waals surface area contributed by atoms with Crippen LogP contribution in [0.25, 0.3) is 17.0 Å². The minimum Gasteiger partial charge on any atom is -0.366 e. The number of rotatable bonds is 4. The monoisotopic (exact) mass is 351 g/mol. The van der Waals surface area contributed by atoms with Crippen molar-refractivity contribution >= 4 is 46.1 Å². The molecule has 0 aliphatic heterocycles. The van der Waals surface area contributed by atoms with Crippen molar-refractivity contribution in [1.82, 2.24) is 4.98 Å². The Bertz CT molecular complexity index is 982. The highest BCUT2D eigenvalue weighted by atomic mass is 35.5. The summed E-state index contributed by atoms with van der Waals surface area (Å²) in [5, 5.41) is 4.28. The van der Waals surface area contributed by atoms with Crippen molar-refractivity contribution in [3.05, 3.63) is 77.0 Å². The molecule has 3 aromatic rings. The fourth-order valence-electron chi connectivity index (χ4n) is 2.26. The molecule has 0 aliphatic carbocycles. The molecule has 0 unspecified atom stereocenters. The lowest BCUT2D eigenvalue weighted by molar-refractivity contribution is -0.111. The number of hydrogen-bond donors (Lipinski definition) is 2. The highest BCUT2D eigenvalue weighted by Crippen LogP contribution is 2.18. The van der Waals surface area contributed by atoms with Gasteiger partial charge in [0.2, 0.25) is 11.8 Å². The van der Waals surface area contributed by atoms with Crippen LogP contribution in [-0.4, -0.2) is 16.8 Å². The largest absolute Gasteiger partial charge is 0.366 e. The van der Waals surface area contributed by atoms with E-state index in [0.29, 0.717) is 22.0 Å². The fraction of sp³-hybridized carbons (Fsp3) is 0. The Balaban J connectivity index is 1.70. The molecule has 2 amide bonds. The summed E-state index contributed by atoms with van der Waals surface area (Å²) in [5.74, 6) is -0.819. The number of carbonyl (C=O) groups is 2. The lowest BCUT2D eigenvalue weighted by atomic mass is 10.2. The number of nitrogens with two attached hydrogens (primary N) is 1. The van der Waals surface area contributed by atoms with E-state index in [9.17, 15) is 9.59 Å². The third kappa shape index (κ3) is 4.22. The minimum absolute atomic E-state index is 0.306. The number of benzene rings is 2. The van der Waals surface area contributed by atoms with E-state index in [1.165, 1.54) is 6.08 Å². The lowest BCUT2D eigenvalue weighted by Crippen LogP contribution is -2.11. The molecule has 3 rings (SSSR count). The van der Waals surface area contributed by atoms with Crippen molar-refractivity contribution in [2.24, 2.45) is 5.73 Å². The van der Waals surface area contributed by atoms with Crippen molar-refractivity contribution in [3.63, 3.8) is 0 Å². The molecular weight excluding hydrogens is 338 g/mol. The molecule has 25 heavy (non-hydrogen) atoms. The Labute approximate surface area is 149 Å². The number of nitrogens with one attached hydrogen (secondary N) is 1. The molecular formula is C19H14ClN3O2. The van der Waals surface area contributed by atoms with E-state index in [2.05, 4.69) is 10.3 Å². The first-order valence-electron chi connectivity index (χ1n) is 7.46. The highest BCUT2D eigenvalue weighted by molar-refractivity contribution is 6.31. The third-order valence-electron chi connectivity index (χ3n) is 3.52. The lowest BCUT2D eigenvalue weighted by Gasteiger charge is -2.03. The summed E-state index contributed by atoms with van der Waals surface area (Å²) in [6.07, 6.45) is 3.01. The summed E-state index contributed by atoms with van der Waals surface area (Å²) in [4.78, 5) is 27.4. The Hall–Kier alpha value is -3.18. The SMILES string of the molecule is NC(=O)c1ccc(NC(=O)/C=C/c2ccc3ccc(Cl)cc3n2)cc1. The summed E-state index contributed by atoms with van der Waals surface area (Å²) < 4.78 is 0. The number of anilines is 1. The number of fused-ring (bicyclic) bond motifs is 1. The van der Waals surface area contributed by atoms with E-state index >= 15 is 0 Å². The predicted octanol–water partition coefficient (Wildman–Crippen LogP) is 3.64. The number of hydrogen-bond acceptors (Lipinski definition) is 3. The van der Waals surface area contributed by atoms with Crippen LogP contribution < -0.4 is 11.1 Å². The summed E-state index contributed by atoms with van der Waals surface area (Å²) >= 11 is 5.97. The molecule has 6 heteroatoms. The van der Waals surface area contributed by atoms with E-state index in [-0.39, 0.29) is 5.91 Å². The van der Waals surface area contributed by atoms with Crippen LogP contribution in [0.4, 0.5) is 5.69 Å². The van der Waals surface area contributed by atoms with Crippen LogP contribution in [-0.2, 0) is 4.79 Å². The summed E-state index contributed by atoms with van der Waals surface area (Å²) in [6, 6.07) is 15.5. The maximum Gasteiger partial charge on any atom is 0.248 e. The van der Waals surface area contributed by atoms with Gasteiger partial charge in [-0.25, -0.2) is 4.98 Å². The van der Waals surface area contributed by atoms with Gasteiger partial charge in [-0.3, -0.25) is 9.59 Å². The smallest absolute Gasteiger partial charge is 0.248 e. The first-order chi connectivity index (χ1) is 12.0.